The van der Waals surface area contributed by atoms with Gasteiger partial charge in [-0.25, -0.2) is 8.78 Å². The summed E-state index contributed by atoms with van der Waals surface area (Å²) in [6, 6.07) is 5.73. The van der Waals surface area contributed by atoms with Gasteiger partial charge in [-0.1, -0.05) is 0 Å². The van der Waals surface area contributed by atoms with Crippen molar-refractivity contribution in [1.29, 1.82) is 0 Å². The Bertz CT molecular complexity index is 685. The number of benzene rings is 1. The molecule has 0 spiro atoms. The average Bonchev–Trinajstić information content (AvgIpc) is 3.00. The van der Waals surface area contributed by atoms with E-state index in [1.54, 1.807) is 0 Å². The molecular formula is C21H28F2N2O2. The summed E-state index contributed by atoms with van der Waals surface area (Å²) < 4.78 is 32.2. The summed E-state index contributed by atoms with van der Waals surface area (Å²) in [4.78, 5) is 17.2. The van der Waals surface area contributed by atoms with Crippen molar-refractivity contribution in [3.05, 3.63) is 29.3 Å². The number of rotatable bonds is 3. The van der Waals surface area contributed by atoms with Crippen molar-refractivity contribution in [1.82, 2.24) is 9.80 Å². The molecule has 1 saturated heterocycles. The zero-order valence-corrected chi connectivity index (χ0v) is 15.8. The van der Waals surface area contributed by atoms with Crippen LogP contribution in [0.2, 0.25) is 0 Å². The van der Waals surface area contributed by atoms with Crippen LogP contribution in [0.3, 0.4) is 0 Å². The highest BCUT2D eigenvalue weighted by Crippen LogP contribution is 2.36. The van der Waals surface area contributed by atoms with Crippen LogP contribution in [0.5, 0.6) is 5.75 Å². The Hall–Kier alpha value is -1.69. The predicted molar refractivity (Wildman–Crippen MR) is 99.5 cm³/mol. The third-order valence-corrected chi connectivity index (χ3v) is 6.17. The van der Waals surface area contributed by atoms with Gasteiger partial charge in [0, 0.05) is 51.0 Å². The third kappa shape index (κ3) is 4.42. The molecule has 4 rings (SSSR count). The summed E-state index contributed by atoms with van der Waals surface area (Å²) in [5, 5.41) is 0. The number of hydrogen-bond acceptors (Lipinski definition) is 3. The Kier molecular flexibility index (Phi) is 5.35. The number of amides is 1. The molecule has 2 aliphatic heterocycles. The van der Waals surface area contributed by atoms with E-state index in [4.69, 9.17) is 4.74 Å². The monoisotopic (exact) mass is 378 g/mol. The van der Waals surface area contributed by atoms with E-state index in [1.807, 2.05) is 23.1 Å². The molecule has 1 saturated carbocycles. The van der Waals surface area contributed by atoms with Crippen molar-refractivity contribution in [3.8, 4) is 5.75 Å². The van der Waals surface area contributed by atoms with E-state index in [9.17, 15) is 13.6 Å². The standard InChI is InChI=1S/C21H28F2N2O2/c22-21(23)7-4-16(5-8-21)15-24-9-1-10-25(12-11-24)20(26)18-2-3-19-17(14-18)6-13-27-19/h2-3,14,16H,1,4-13,15H2. The molecule has 1 aliphatic carbocycles. The molecule has 3 aliphatic rings. The Labute approximate surface area is 159 Å². The fourth-order valence-corrected chi connectivity index (χ4v) is 4.51. The Balaban J connectivity index is 1.31. The van der Waals surface area contributed by atoms with E-state index in [0.29, 0.717) is 31.9 Å². The number of fused-ring (bicyclic) bond motifs is 1. The lowest BCUT2D eigenvalue weighted by Crippen LogP contribution is -2.38. The van der Waals surface area contributed by atoms with Gasteiger partial charge in [0.25, 0.3) is 5.91 Å². The van der Waals surface area contributed by atoms with Gasteiger partial charge in [0.1, 0.15) is 5.75 Å². The molecule has 1 aromatic rings. The number of ether oxygens (including phenoxy) is 1. The van der Waals surface area contributed by atoms with Gasteiger partial charge in [-0.2, -0.15) is 0 Å². The minimum absolute atomic E-state index is 0.0260. The molecule has 0 aromatic heterocycles. The minimum Gasteiger partial charge on any atom is -0.493 e. The molecular weight excluding hydrogens is 350 g/mol. The van der Waals surface area contributed by atoms with Crippen LogP contribution in [0.25, 0.3) is 0 Å². The zero-order valence-electron chi connectivity index (χ0n) is 15.8. The Morgan fingerprint density at radius 1 is 1.15 bits per heavy atom. The number of hydrogen-bond donors (Lipinski definition) is 0. The summed E-state index contributed by atoms with van der Waals surface area (Å²) in [6.07, 6.45) is 3.08. The fraction of sp³-hybridized carbons (Fsp3) is 0.667. The van der Waals surface area contributed by atoms with Crippen molar-refractivity contribution < 1.29 is 18.3 Å². The van der Waals surface area contributed by atoms with Crippen LogP contribution < -0.4 is 4.74 Å². The van der Waals surface area contributed by atoms with Crippen LogP contribution in [0, 0.1) is 5.92 Å². The van der Waals surface area contributed by atoms with E-state index in [-0.39, 0.29) is 18.7 Å². The van der Waals surface area contributed by atoms with Crippen molar-refractivity contribution in [2.75, 3.05) is 39.3 Å². The van der Waals surface area contributed by atoms with Crippen LogP contribution in [0.1, 0.15) is 48.0 Å². The number of nitrogens with zero attached hydrogens (tertiary/aromatic N) is 2. The molecule has 0 atom stereocenters. The highest BCUT2D eigenvalue weighted by atomic mass is 19.3. The quantitative estimate of drug-likeness (QED) is 0.806. The number of carbonyl (C=O) groups is 1. The fourth-order valence-electron chi connectivity index (χ4n) is 4.51. The van der Waals surface area contributed by atoms with E-state index in [2.05, 4.69) is 4.90 Å². The minimum atomic E-state index is -2.46. The lowest BCUT2D eigenvalue weighted by atomic mass is 9.86. The molecule has 148 valence electrons. The van der Waals surface area contributed by atoms with Crippen LogP contribution in [0.15, 0.2) is 18.2 Å². The zero-order chi connectivity index (χ0) is 18.9. The first-order valence-corrected chi connectivity index (χ1v) is 10.2. The van der Waals surface area contributed by atoms with Gasteiger partial charge in [0.15, 0.2) is 0 Å². The molecule has 0 unspecified atom stereocenters. The lowest BCUT2D eigenvalue weighted by molar-refractivity contribution is -0.0487. The maximum absolute atomic E-state index is 13.3. The third-order valence-electron chi connectivity index (χ3n) is 6.17. The second-order valence-electron chi connectivity index (χ2n) is 8.17. The summed E-state index contributed by atoms with van der Waals surface area (Å²) in [6.45, 7) is 4.80. The molecule has 4 nitrogen and oxygen atoms in total. The van der Waals surface area contributed by atoms with Gasteiger partial charge in [0.05, 0.1) is 6.61 Å². The predicted octanol–water partition coefficient (Wildman–Crippen LogP) is 3.59. The molecule has 0 bridgehead atoms. The Morgan fingerprint density at radius 3 is 2.78 bits per heavy atom. The highest BCUT2D eigenvalue weighted by Gasteiger charge is 2.35. The van der Waals surface area contributed by atoms with Crippen LogP contribution in [-0.4, -0.2) is 61.0 Å². The maximum Gasteiger partial charge on any atom is 0.253 e. The summed E-state index contributed by atoms with van der Waals surface area (Å²) >= 11 is 0. The molecule has 0 radical (unpaired) electrons. The molecule has 1 aromatic carbocycles. The lowest BCUT2D eigenvalue weighted by Gasteiger charge is -2.32. The largest absolute Gasteiger partial charge is 0.493 e. The molecule has 0 N–H and O–H groups in total. The van der Waals surface area contributed by atoms with Gasteiger partial charge < -0.3 is 14.5 Å². The number of carbonyl (C=O) groups excluding carboxylic acids is 1. The summed E-state index contributed by atoms with van der Waals surface area (Å²) in [5.74, 6) is -1.11. The second kappa shape index (κ2) is 7.74. The molecule has 2 fully saturated rings. The van der Waals surface area contributed by atoms with E-state index in [0.717, 1.165) is 55.9 Å². The first-order chi connectivity index (χ1) is 13.0. The van der Waals surface area contributed by atoms with Gasteiger partial charge in [-0.3, -0.25) is 4.79 Å². The van der Waals surface area contributed by atoms with Crippen molar-refractivity contribution in [2.24, 2.45) is 5.92 Å². The average molecular weight is 378 g/mol. The molecule has 6 heteroatoms. The van der Waals surface area contributed by atoms with Gasteiger partial charge >= 0.3 is 0 Å². The topological polar surface area (TPSA) is 32.8 Å². The van der Waals surface area contributed by atoms with Gasteiger partial charge in [-0.15, -0.1) is 0 Å². The van der Waals surface area contributed by atoms with Gasteiger partial charge in [-0.05, 0) is 55.5 Å². The number of alkyl halides is 2. The SMILES string of the molecule is O=C(c1ccc2c(c1)CCO2)N1CCCN(CC2CCC(F)(F)CC2)CC1. The van der Waals surface area contributed by atoms with Gasteiger partial charge in [0.2, 0.25) is 5.92 Å². The highest BCUT2D eigenvalue weighted by molar-refractivity contribution is 5.94. The summed E-state index contributed by atoms with van der Waals surface area (Å²) in [5.41, 5.74) is 1.86. The molecule has 2 heterocycles. The summed E-state index contributed by atoms with van der Waals surface area (Å²) in [7, 11) is 0. The first kappa shape index (κ1) is 18.7. The first-order valence-electron chi connectivity index (χ1n) is 10.2. The van der Waals surface area contributed by atoms with Crippen LogP contribution in [0.4, 0.5) is 8.78 Å². The maximum atomic E-state index is 13.3. The van der Waals surface area contributed by atoms with Crippen molar-refractivity contribution in [3.63, 3.8) is 0 Å². The Morgan fingerprint density at radius 2 is 1.96 bits per heavy atom. The van der Waals surface area contributed by atoms with E-state index >= 15 is 0 Å². The number of halogens is 2. The van der Waals surface area contributed by atoms with Crippen LogP contribution in [-0.2, 0) is 6.42 Å². The smallest absolute Gasteiger partial charge is 0.253 e. The van der Waals surface area contributed by atoms with E-state index < -0.39 is 5.92 Å². The van der Waals surface area contributed by atoms with E-state index in [1.165, 1.54) is 0 Å². The van der Waals surface area contributed by atoms with Crippen LogP contribution >= 0.6 is 0 Å². The second-order valence-corrected chi connectivity index (χ2v) is 8.17. The molecule has 1 amide bonds. The van der Waals surface area contributed by atoms with Crippen molar-refractivity contribution in [2.45, 2.75) is 44.4 Å². The van der Waals surface area contributed by atoms with Crippen molar-refractivity contribution >= 4 is 5.91 Å². The molecule has 27 heavy (non-hydrogen) atoms. The normalized spacial score (nSPS) is 23.6.